The Labute approximate surface area is 352 Å². The number of nitrogens with one attached hydrogen (secondary N) is 2. The Kier molecular flexibility index (Phi) is 11.3. The summed E-state index contributed by atoms with van der Waals surface area (Å²) < 4.78 is 6.06. The largest absolute Gasteiger partial charge is 0.507 e. The smallest absolute Gasteiger partial charge is 0.270 e. The van der Waals surface area contributed by atoms with Crippen LogP contribution in [0.15, 0.2) is 76.8 Å². The molecule has 2 aliphatic rings. The predicted octanol–water partition coefficient (Wildman–Crippen LogP) is 6.60. The number of H-pyrrole nitrogens is 1. The Morgan fingerprint density at radius 1 is 1.03 bits per heavy atom. The van der Waals surface area contributed by atoms with Gasteiger partial charge in [0, 0.05) is 66.9 Å². The van der Waals surface area contributed by atoms with Crippen LogP contribution in [0, 0.1) is 18.8 Å². The number of aliphatic hydroxyl groups is 1. The molecule has 0 bridgehead atoms. The summed E-state index contributed by atoms with van der Waals surface area (Å²) in [7, 11) is 0. The number of carbonyl (C=O) groups is 3. The highest BCUT2D eigenvalue weighted by molar-refractivity contribution is 7.13. The van der Waals surface area contributed by atoms with Gasteiger partial charge in [0.2, 0.25) is 11.8 Å². The summed E-state index contributed by atoms with van der Waals surface area (Å²) in [5.74, 6) is -0.553. The van der Waals surface area contributed by atoms with Gasteiger partial charge >= 0.3 is 0 Å². The van der Waals surface area contributed by atoms with Gasteiger partial charge in [0.25, 0.3) is 5.91 Å². The number of hydrogen-bond acceptors (Lipinski definition) is 11. The van der Waals surface area contributed by atoms with Crippen LogP contribution in [-0.2, 0) is 21.5 Å². The quantitative estimate of drug-likeness (QED) is 0.111. The predicted molar refractivity (Wildman–Crippen MR) is 227 cm³/mol. The molecule has 2 aromatic carbocycles. The van der Waals surface area contributed by atoms with Gasteiger partial charge in [-0.25, -0.2) is 4.98 Å². The number of hydrogen-bond donors (Lipinski definition) is 4. The number of piperidine rings is 1. The molecular formula is C45H50N8O6S. The molecule has 4 atom stereocenters. The third-order valence-corrected chi connectivity index (χ3v) is 13.8. The molecule has 312 valence electrons. The summed E-state index contributed by atoms with van der Waals surface area (Å²) >= 11 is 1.59. The summed E-state index contributed by atoms with van der Waals surface area (Å²) in [6.07, 6.45) is 0.710. The van der Waals surface area contributed by atoms with Crippen molar-refractivity contribution >= 4 is 40.1 Å². The number of thiazole rings is 1. The standard InChI is InChI=1S/C45H50N8O6S/c1-25(2)45(5,26(3)43(57)53-23-32(54)20-37(53)42(56)46-22-28-10-12-30(13-11-28)40-27(4)47-24-60-40)39-21-34(51-59-39)29-14-16-52(17-15-29)44(58)36-19-31-18-35(49-50-41(31)48-36)33-8-6-7-9-38(33)55/h6-13,18-19,21,24-26,29,32,37,54-55H,14-17,20,22-23H2,1-5H3,(H,46,56)(H,48,50)/t26-,32+,37-,45?/m0/s1. The third-order valence-electron chi connectivity index (χ3n) is 12.8. The molecule has 4 aromatic heterocycles. The van der Waals surface area contributed by atoms with Crippen LogP contribution < -0.4 is 5.32 Å². The number of aromatic amines is 1. The van der Waals surface area contributed by atoms with E-state index in [2.05, 4.69) is 30.6 Å². The summed E-state index contributed by atoms with van der Waals surface area (Å²) in [6.45, 7) is 11.3. The van der Waals surface area contributed by atoms with Gasteiger partial charge in [-0.3, -0.25) is 14.4 Å². The zero-order valence-electron chi connectivity index (χ0n) is 34.4. The Hall–Kier alpha value is -5.93. The van der Waals surface area contributed by atoms with Crippen molar-refractivity contribution in [1.82, 2.24) is 40.4 Å². The molecule has 0 spiro atoms. The molecule has 60 heavy (non-hydrogen) atoms. The topological polar surface area (TPSA) is 191 Å². The molecule has 1 unspecified atom stereocenters. The Bertz CT molecular complexity index is 2520. The lowest BCUT2D eigenvalue weighted by Gasteiger charge is -2.39. The summed E-state index contributed by atoms with van der Waals surface area (Å²) in [6, 6.07) is 19.6. The van der Waals surface area contributed by atoms with Crippen molar-refractivity contribution < 1.29 is 29.1 Å². The number of phenols is 1. The normalized spacial score (nSPS) is 18.9. The number of para-hydroxylation sites is 1. The molecule has 0 radical (unpaired) electrons. The Balaban J connectivity index is 0.898. The number of rotatable bonds is 11. The van der Waals surface area contributed by atoms with E-state index in [9.17, 15) is 24.6 Å². The second-order valence-electron chi connectivity index (χ2n) is 16.7. The number of β-amino-alcohol motifs (C(OH)–C–C–N with tert-alkyl or cyclic N) is 1. The van der Waals surface area contributed by atoms with Gasteiger partial charge in [0.05, 0.1) is 33.6 Å². The second kappa shape index (κ2) is 16.6. The number of aryl methyl sites for hydroxylation is 1. The van der Waals surface area contributed by atoms with Gasteiger partial charge in [-0.05, 0) is 61.1 Å². The first kappa shape index (κ1) is 40.8. The number of phenolic OH excluding ortho intramolecular Hbond substituents is 1. The number of fused-ring (bicyclic) bond motifs is 1. The first-order chi connectivity index (χ1) is 28.8. The summed E-state index contributed by atoms with van der Waals surface area (Å²) in [5.41, 5.74) is 6.79. The zero-order chi connectivity index (χ0) is 42.3. The van der Waals surface area contributed by atoms with Gasteiger partial charge < -0.3 is 34.8 Å². The summed E-state index contributed by atoms with van der Waals surface area (Å²) in [5, 5.41) is 37.7. The number of aliphatic hydroxyl groups excluding tert-OH is 1. The minimum atomic E-state index is -0.814. The molecule has 8 rings (SSSR count). The Morgan fingerprint density at radius 3 is 2.48 bits per heavy atom. The molecule has 0 aliphatic carbocycles. The highest BCUT2D eigenvalue weighted by atomic mass is 32.1. The molecule has 4 N–H and O–H groups in total. The molecule has 2 saturated heterocycles. The van der Waals surface area contributed by atoms with Crippen LogP contribution in [0.2, 0.25) is 0 Å². The minimum absolute atomic E-state index is 0.0382. The van der Waals surface area contributed by atoms with Crippen LogP contribution in [0.1, 0.15) is 86.1 Å². The van der Waals surface area contributed by atoms with Crippen LogP contribution in [0.5, 0.6) is 5.75 Å². The lowest BCUT2D eigenvalue weighted by atomic mass is 9.67. The van der Waals surface area contributed by atoms with Crippen LogP contribution in [0.3, 0.4) is 0 Å². The lowest BCUT2D eigenvalue weighted by Crippen LogP contribution is -2.51. The van der Waals surface area contributed by atoms with Gasteiger partial charge in [0.15, 0.2) is 5.65 Å². The molecule has 3 amide bonds. The molecular weight excluding hydrogens is 781 g/mol. The van der Waals surface area contributed by atoms with Crippen molar-refractivity contribution in [2.24, 2.45) is 11.8 Å². The zero-order valence-corrected chi connectivity index (χ0v) is 35.2. The first-order valence-corrected chi connectivity index (χ1v) is 21.4. The van der Waals surface area contributed by atoms with E-state index in [1.165, 1.54) is 4.90 Å². The van der Waals surface area contributed by atoms with Crippen molar-refractivity contribution in [3.63, 3.8) is 0 Å². The minimum Gasteiger partial charge on any atom is -0.507 e. The first-order valence-electron chi connectivity index (χ1n) is 20.5. The van der Waals surface area contributed by atoms with Crippen LogP contribution in [-0.4, -0.2) is 94.8 Å². The Morgan fingerprint density at radius 2 is 1.78 bits per heavy atom. The van der Waals surface area contributed by atoms with Crippen LogP contribution >= 0.6 is 11.3 Å². The SMILES string of the molecule is Cc1ncsc1-c1ccc(CNC(=O)[C@@H]2C[C@@H](O)CN2C(=O)[C@H](C)C(C)(c2cc(C3CCN(C(=O)c4cc5cc(-c6ccccc6O)nnc5[nH]4)CC3)no2)C(C)C)cc1. The van der Waals surface area contributed by atoms with Gasteiger partial charge in [0.1, 0.15) is 23.2 Å². The third kappa shape index (κ3) is 7.79. The maximum absolute atomic E-state index is 14.4. The van der Waals surface area contributed by atoms with Gasteiger partial charge in [-0.2, -0.15) is 0 Å². The van der Waals surface area contributed by atoms with E-state index < -0.39 is 23.5 Å². The number of likely N-dealkylation sites (tertiary alicyclic amines) is 2. The van der Waals surface area contributed by atoms with Crippen LogP contribution in [0.4, 0.5) is 0 Å². The second-order valence-corrected chi connectivity index (χ2v) is 17.5. The van der Waals surface area contributed by atoms with E-state index in [4.69, 9.17) is 4.52 Å². The number of nitrogens with zero attached hydrogens (tertiary/aromatic N) is 6. The summed E-state index contributed by atoms with van der Waals surface area (Å²) in [4.78, 5) is 53.5. The average molecular weight is 831 g/mol. The lowest BCUT2D eigenvalue weighted by molar-refractivity contribution is -0.144. The van der Waals surface area contributed by atoms with Crippen molar-refractivity contribution in [1.29, 1.82) is 0 Å². The molecule has 2 aliphatic heterocycles. The highest BCUT2D eigenvalue weighted by Crippen LogP contribution is 2.43. The van der Waals surface area contributed by atoms with Gasteiger partial charge in [-0.15, -0.1) is 21.5 Å². The van der Waals surface area contributed by atoms with E-state index in [0.29, 0.717) is 60.8 Å². The van der Waals surface area contributed by atoms with Crippen LogP contribution in [0.25, 0.3) is 32.7 Å². The molecule has 2 fully saturated rings. The molecule has 15 heteroatoms. The van der Waals surface area contributed by atoms with E-state index >= 15 is 0 Å². The number of benzene rings is 2. The fourth-order valence-corrected chi connectivity index (χ4v) is 9.43. The molecule has 6 aromatic rings. The number of carbonyl (C=O) groups excluding carboxylic acids is 3. The average Bonchev–Trinajstić information content (AvgIpc) is 4.09. The van der Waals surface area contributed by atoms with Crippen molar-refractivity contribution in [2.45, 2.75) is 83.9 Å². The maximum Gasteiger partial charge on any atom is 0.270 e. The number of amides is 3. The van der Waals surface area contributed by atoms with E-state index in [1.54, 1.807) is 41.7 Å². The van der Waals surface area contributed by atoms with Crippen molar-refractivity contribution in [2.75, 3.05) is 19.6 Å². The van der Waals surface area contributed by atoms with E-state index in [-0.39, 0.29) is 48.3 Å². The monoisotopic (exact) mass is 830 g/mol. The van der Waals surface area contributed by atoms with E-state index in [1.807, 2.05) is 81.4 Å². The molecule has 14 nitrogen and oxygen atoms in total. The fourth-order valence-electron chi connectivity index (χ4n) is 8.62. The number of aromatic nitrogens is 5. The van der Waals surface area contributed by atoms with E-state index in [0.717, 1.165) is 32.8 Å². The van der Waals surface area contributed by atoms with Crippen molar-refractivity contribution in [3.05, 3.63) is 101 Å². The van der Waals surface area contributed by atoms with Gasteiger partial charge in [-0.1, -0.05) is 69.2 Å². The fraction of sp³-hybridized carbons (Fsp3) is 0.400. The maximum atomic E-state index is 14.4. The molecule has 6 heterocycles. The molecule has 0 saturated carbocycles. The highest BCUT2D eigenvalue weighted by Gasteiger charge is 2.48. The van der Waals surface area contributed by atoms with Crippen molar-refractivity contribution in [3.8, 4) is 27.4 Å². The number of aromatic hydroxyl groups is 1.